The molecule has 2 aromatic carbocycles. The third kappa shape index (κ3) is 6.18. The minimum Gasteiger partial charge on any atom is -0.496 e. The van der Waals surface area contributed by atoms with Gasteiger partial charge in [-0.25, -0.2) is 4.98 Å². The second-order valence-corrected chi connectivity index (χ2v) is 8.03. The van der Waals surface area contributed by atoms with Crippen molar-refractivity contribution in [1.82, 2.24) is 15.2 Å². The lowest BCUT2D eigenvalue weighted by Gasteiger charge is -2.29. The lowest BCUT2D eigenvalue weighted by Crippen LogP contribution is -2.28. The fourth-order valence-corrected chi connectivity index (χ4v) is 3.37. The molecule has 6 nitrogen and oxygen atoms in total. The first-order valence-electron chi connectivity index (χ1n) is 10.6. The van der Waals surface area contributed by atoms with Crippen LogP contribution in [0.4, 0.5) is 0 Å². The largest absolute Gasteiger partial charge is 0.496 e. The molecular weight excluding hydrogens is 390 g/mol. The van der Waals surface area contributed by atoms with Gasteiger partial charge in [-0.1, -0.05) is 62.4 Å². The number of hydrogen-bond acceptors (Lipinski definition) is 5. The van der Waals surface area contributed by atoms with Crippen molar-refractivity contribution in [3.63, 3.8) is 0 Å². The van der Waals surface area contributed by atoms with Gasteiger partial charge in [-0.3, -0.25) is 9.69 Å². The zero-order chi connectivity index (χ0) is 22.2. The highest BCUT2D eigenvalue weighted by atomic mass is 16.5. The maximum Gasteiger partial charge on any atom is 0.273 e. The van der Waals surface area contributed by atoms with Gasteiger partial charge in [0.15, 0.2) is 5.69 Å². The summed E-state index contributed by atoms with van der Waals surface area (Å²) < 4.78 is 11.2. The molecule has 1 aromatic heterocycles. The summed E-state index contributed by atoms with van der Waals surface area (Å²) in [5.74, 6) is 1.51. The third-order valence-electron chi connectivity index (χ3n) is 5.19. The SMILES string of the molecule is COc1ccccc1CN(Cc1nc(C(=O)NCC(C)C)co1)C(C)c1ccccc1. The van der Waals surface area contributed by atoms with Crippen LogP contribution in [0.2, 0.25) is 0 Å². The quantitative estimate of drug-likeness (QED) is 0.508. The second-order valence-electron chi connectivity index (χ2n) is 8.03. The van der Waals surface area contributed by atoms with Gasteiger partial charge in [0.2, 0.25) is 5.89 Å². The maximum atomic E-state index is 12.3. The van der Waals surface area contributed by atoms with E-state index < -0.39 is 0 Å². The molecular formula is C25H31N3O3. The summed E-state index contributed by atoms with van der Waals surface area (Å²) in [6, 6.07) is 18.4. The molecule has 164 valence electrons. The molecule has 1 amide bonds. The minimum absolute atomic E-state index is 0.108. The topological polar surface area (TPSA) is 67.6 Å². The summed E-state index contributed by atoms with van der Waals surface area (Å²) in [5, 5.41) is 2.88. The van der Waals surface area contributed by atoms with Gasteiger partial charge in [0.05, 0.1) is 13.7 Å². The van der Waals surface area contributed by atoms with Crippen LogP contribution in [0.25, 0.3) is 0 Å². The molecule has 3 rings (SSSR count). The first kappa shape index (κ1) is 22.6. The Labute approximate surface area is 184 Å². The number of benzene rings is 2. The summed E-state index contributed by atoms with van der Waals surface area (Å²) >= 11 is 0. The van der Waals surface area contributed by atoms with E-state index in [2.05, 4.69) is 54.2 Å². The van der Waals surface area contributed by atoms with Gasteiger partial charge in [0.25, 0.3) is 5.91 Å². The highest BCUT2D eigenvalue weighted by Gasteiger charge is 2.21. The summed E-state index contributed by atoms with van der Waals surface area (Å²) in [6.45, 7) is 7.98. The molecule has 0 aliphatic rings. The summed E-state index contributed by atoms with van der Waals surface area (Å²) in [4.78, 5) is 19.0. The van der Waals surface area contributed by atoms with E-state index in [9.17, 15) is 4.79 Å². The first-order chi connectivity index (χ1) is 15.0. The number of methoxy groups -OCH3 is 1. The van der Waals surface area contributed by atoms with E-state index in [0.29, 0.717) is 37.1 Å². The lowest BCUT2D eigenvalue weighted by atomic mass is 10.1. The number of oxazole rings is 1. The van der Waals surface area contributed by atoms with Crippen molar-refractivity contribution in [2.45, 2.75) is 39.9 Å². The smallest absolute Gasteiger partial charge is 0.273 e. The number of para-hydroxylation sites is 1. The fraction of sp³-hybridized carbons (Fsp3) is 0.360. The monoisotopic (exact) mass is 421 g/mol. The van der Waals surface area contributed by atoms with E-state index in [0.717, 1.165) is 11.3 Å². The predicted octanol–water partition coefficient (Wildman–Crippen LogP) is 4.83. The van der Waals surface area contributed by atoms with Crippen LogP contribution >= 0.6 is 0 Å². The number of rotatable bonds is 10. The molecule has 31 heavy (non-hydrogen) atoms. The van der Waals surface area contributed by atoms with Crippen molar-refractivity contribution >= 4 is 5.91 Å². The molecule has 0 saturated carbocycles. The Kier molecular flexibility index (Phi) is 7.84. The van der Waals surface area contributed by atoms with Gasteiger partial charge in [-0.05, 0) is 24.5 Å². The number of carbonyl (C=O) groups excluding carboxylic acids is 1. The van der Waals surface area contributed by atoms with Crippen LogP contribution < -0.4 is 10.1 Å². The summed E-state index contributed by atoms with van der Waals surface area (Å²) in [5.41, 5.74) is 2.58. The number of amides is 1. The van der Waals surface area contributed by atoms with E-state index in [1.54, 1.807) is 7.11 Å². The van der Waals surface area contributed by atoms with Gasteiger partial charge < -0.3 is 14.5 Å². The van der Waals surface area contributed by atoms with Gasteiger partial charge in [0, 0.05) is 24.7 Å². The van der Waals surface area contributed by atoms with Crippen LogP contribution in [0.3, 0.4) is 0 Å². The van der Waals surface area contributed by atoms with Crippen LogP contribution in [-0.2, 0) is 13.1 Å². The average molecular weight is 422 g/mol. The van der Waals surface area contributed by atoms with Gasteiger partial charge >= 0.3 is 0 Å². The predicted molar refractivity (Wildman–Crippen MR) is 121 cm³/mol. The van der Waals surface area contributed by atoms with E-state index in [1.807, 2.05) is 36.4 Å². The molecule has 1 unspecified atom stereocenters. The number of ether oxygens (including phenoxy) is 1. The van der Waals surface area contributed by atoms with E-state index >= 15 is 0 Å². The molecule has 0 aliphatic carbocycles. The molecule has 1 heterocycles. The van der Waals surface area contributed by atoms with Crippen LogP contribution in [0.1, 0.15) is 54.3 Å². The average Bonchev–Trinajstić information content (AvgIpc) is 3.26. The molecule has 0 radical (unpaired) electrons. The Hall–Kier alpha value is -3.12. The number of carbonyl (C=O) groups is 1. The lowest BCUT2D eigenvalue weighted by molar-refractivity contribution is 0.0944. The Bertz CT molecular complexity index is 969. The standard InChI is InChI=1S/C25H31N3O3/c1-18(2)14-26-25(29)22-17-31-24(27-22)16-28(19(3)20-10-6-5-7-11-20)15-21-12-8-9-13-23(21)30-4/h5-13,17-19H,14-16H2,1-4H3,(H,26,29). The summed E-state index contributed by atoms with van der Waals surface area (Å²) in [6.07, 6.45) is 1.43. The van der Waals surface area contributed by atoms with Crippen molar-refractivity contribution in [3.05, 3.63) is 83.6 Å². The molecule has 1 atom stereocenters. The van der Waals surface area contributed by atoms with Crippen molar-refractivity contribution in [2.75, 3.05) is 13.7 Å². The normalized spacial score (nSPS) is 12.2. The van der Waals surface area contributed by atoms with Crippen LogP contribution in [0, 0.1) is 5.92 Å². The fourth-order valence-electron chi connectivity index (χ4n) is 3.37. The molecule has 0 bridgehead atoms. The van der Waals surface area contributed by atoms with Crippen LogP contribution in [0.15, 0.2) is 65.3 Å². The number of nitrogens with zero attached hydrogens (tertiary/aromatic N) is 2. The molecule has 3 aromatic rings. The van der Waals surface area contributed by atoms with Crippen molar-refractivity contribution < 1.29 is 13.9 Å². The molecule has 0 spiro atoms. The Morgan fingerprint density at radius 3 is 2.48 bits per heavy atom. The van der Waals surface area contributed by atoms with E-state index in [1.165, 1.54) is 11.8 Å². The third-order valence-corrected chi connectivity index (χ3v) is 5.19. The van der Waals surface area contributed by atoms with Crippen LogP contribution in [0.5, 0.6) is 5.75 Å². The van der Waals surface area contributed by atoms with E-state index in [-0.39, 0.29) is 11.9 Å². The zero-order valence-corrected chi connectivity index (χ0v) is 18.7. The van der Waals surface area contributed by atoms with Crippen molar-refractivity contribution in [2.24, 2.45) is 5.92 Å². The molecule has 0 saturated heterocycles. The maximum absolute atomic E-state index is 12.3. The highest BCUT2D eigenvalue weighted by Crippen LogP contribution is 2.27. The van der Waals surface area contributed by atoms with Gasteiger partial charge in [-0.2, -0.15) is 0 Å². The Morgan fingerprint density at radius 2 is 1.77 bits per heavy atom. The number of nitrogens with one attached hydrogen (secondary N) is 1. The minimum atomic E-state index is -0.212. The number of aromatic nitrogens is 1. The van der Waals surface area contributed by atoms with Gasteiger partial charge in [0.1, 0.15) is 12.0 Å². The molecule has 0 aliphatic heterocycles. The van der Waals surface area contributed by atoms with Crippen molar-refractivity contribution in [3.8, 4) is 5.75 Å². The van der Waals surface area contributed by atoms with Crippen LogP contribution in [-0.4, -0.2) is 29.4 Å². The Balaban J connectivity index is 1.81. The number of hydrogen-bond donors (Lipinski definition) is 1. The van der Waals surface area contributed by atoms with Crippen molar-refractivity contribution in [1.29, 1.82) is 0 Å². The molecule has 6 heteroatoms. The zero-order valence-electron chi connectivity index (χ0n) is 18.7. The first-order valence-corrected chi connectivity index (χ1v) is 10.6. The summed E-state index contributed by atoms with van der Waals surface area (Å²) in [7, 11) is 1.68. The second kappa shape index (κ2) is 10.8. The molecule has 0 fully saturated rings. The highest BCUT2D eigenvalue weighted by molar-refractivity contribution is 5.91. The van der Waals surface area contributed by atoms with E-state index in [4.69, 9.17) is 9.15 Å². The molecule has 1 N–H and O–H groups in total. The van der Waals surface area contributed by atoms with Gasteiger partial charge in [-0.15, -0.1) is 0 Å². The Morgan fingerprint density at radius 1 is 1.06 bits per heavy atom.